The van der Waals surface area contributed by atoms with Crippen molar-refractivity contribution in [2.45, 2.75) is 32.7 Å². The molecule has 1 aromatic carbocycles. The lowest BCUT2D eigenvalue weighted by molar-refractivity contribution is 0.0960. The van der Waals surface area contributed by atoms with Gasteiger partial charge in [0.1, 0.15) is 5.75 Å². The Balaban J connectivity index is 2.08. The highest BCUT2D eigenvalue weighted by molar-refractivity contribution is 5.99. The smallest absolute Gasteiger partial charge is 0.321 e. The standard InChI is InChI=1S/C19H27N5O3/c1-19(2,3)16-10-13(22-23-16)11-24(5)18(26)21-12-7-8-15(27-6)14(9-12)17(25)20-4/h7-10H,11H2,1-6H3,(H,20,25)(H,21,26)(H,22,23). The van der Waals surface area contributed by atoms with Gasteiger partial charge in [0.05, 0.1) is 30.6 Å². The second-order valence-corrected chi connectivity index (χ2v) is 7.31. The fraction of sp³-hybridized carbons (Fsp3) is 0.421. The zero-order valence-electron chi connectivity index (χ0n) is 16.6. The zero-order valence-corrected chi connectivity index (χ0v) is 16.6. The van der Waals surface area contributed by atoms with E-state index in [2.05, 4.69) is 41.6 Å². The number of nitrogens with one attached hydrogen (secondary N) is 3. The van der Waals surface area contributed by atoms with E-state index in [4.69, 9.17) is 4.74 Å². The summed E-state index contributed by atoms with van der Waals surface area (Å²) in [4.78, 5) is 26.0. The largest absolute Gasteiger partial charge is 0.496 e. The summed E-state index contributed by atoms with van der Waals surface area (Å²) in [7, 11) is 4.72. The Morgan fingerprint density at radius 3 is 2.52 bits per heavy atom. The molecule has 146 valence electrons. The van der Waals surface area contributed by atoms with Crippen molar-refractivity contribution in [3.8, 4) is 5.75 Å². The molecule has 1 aromatic heterocycles. The van der Waals surface area contributed by atoms with Crippen molar-refractivity contribution < 1.29 is 14.3 Å². The fourth-order valence-electron chi connectivity index (χ4n) is 2.47. The summed E-state index contributed by atoms with van der Waals surface area (Å²) in [6.45, 7) is 6.62. The van der Waals surface area contributed by atoms with Crippen molar-refractivity contribution in [2.24, 2.45) is 0 Å². The molecule has 3 N–H and O–H groups in total. The molecule has 0 aliphatic rings. The average molecular weight is 373 g/mol. The number of carbonyl (C=O) groups is 2. The van der Waals surface area contributed by atoms with Gasteiger partial charge in [0.25, 0.3) is 5.91 Å². The summed E-state index contributed by atoms with van der Waals surface area (Å²) in [5.74, 6) is 0.149. The van der Waals surface area contributed by atoms with E-state index in [1.807, 2.05) is 6.07 Å². The van der Waals surface area contributed by atoms with Crippen LogP contribution in [0.4, 0.5) is 10.5 Å². The predicted molar refractivity (Wildman–Crippen MR) is 104 cm³/mol. The molecule has 0 saturated heterocycles. The van der Waals surface area contributed by atoms with Crippen molar-refractivity contribution in [2.75, 3.05) is 26.5 Å². The molecule has 2 rings (SSSR count). The zero-order chi connectivity index (χ0) is 20.2. The second-order valence-electron chi connectivity index (χ2n) is 7.31. The van der Waals surface area contributed by atoms with E-state index in [0.29, 0.717) is 23.5 Å². The van der Waals surface area contributed by atoms with Gasteiger partial charge in [-0.2, -0.15) is 5.10 Å². The quantitative estimate of drug-likeness (QED) is 0.750. The Kier molecular flexibility index (Phi) is 6.09. The van der Waals surface area contributed by atoms with Gasteiger partial charge in [-0.15, -0.1) is 0 Å². The molecular weight excluding hydrogens is 346 g/mol. The van der Waals surface area contributed by atoms with Gasteiger partial charge in [-0.1, -0.05) is 20.8 Å². The van der Waals surface area contributed by atoms with E-state index in [1.54, 1.807) is 25.2 Å². The number of aromatic nitrogens is 2. The Bertz CT molecular complexity index is 823. The number of hydrogen-bond donors (Lipinski definition) is 3. The molecule has 0 unspecified atom stereocenters. The van der Waals surface area contributed by atoms with Crippen LogP contribution in [0.25, 0.3) is 0 Å². The lowest BCUT2D eigenvalue weighted by Crippen LogP contribution is -2.31. The van der Waals surface area contributed by atoms with Crippen LogP contribution in [0.1, 0.15) is 42.5 Å². The van der Waals surface area contributed by atoms with Crippen LogP contribution < -0.4 is 15.4 Å². The molecule has 8 heteroatoms. The number of anilines is 1. The number of H-pyrrole nitrogens is 1. The highest BCUT2D eigenvalue weighted by atomic mass is 16.5. The third-order valence-corrected chi connectivity index (χ3v) is 4.08. The van der Waals surface area contributed by atoms with Gasteiger partial charge in [0, 0.05) is 25.2 Å². The third kappa shape index (κ3) is 4.99. The lowest BCUT2D eigenvalue weighted by Gasteiger charge is -2.18. The van der Waals surface area contributed by atoms with Crippen molar-refractivity contribution in [1.29, 1.82) is 0 Å². The maximum absolute atomic E-state index is 12.5. The predicted octanol–water partition coefficient (Wildman–Crippen LogP) is 2.74. The molecule has 0 atom stereocenters. The van der Waals surface area contributed by atoms with Crippen LogP contribution in [0, 0.1) is 0 Å². The molecule has 0 bridgehead atoms. The van der Waals surface area contributed by atoms with Gasteiger partial charge >= 0.3 is 6.03 Å². The Morgan fingerprint density at radius 2 is 1.96 bits per heavy atom. The van der Waals surface area contributed by atoms with E-state index in [1.165, 1.54) is 19.1 Å². The van der Waals surface area contributed by atoms with Crippen molar-refractivity contribution in [1.82, 2.24) is 20.4 Å². The molecule has 27 heavy (non-hydrogen) atoms. The maximum Gasteiger partial charge on any atom is 0.321 e. The first kappa shape index (κ1) is 20.3. The second kappa shape index (κ2) is 8.11. The van der Waals surface area contributed by atoms with Crippen LogP contribution in [0.3, 0.4) is 0 Å². The van der Waals surface area contributed by atoms with Gasteiger partial charge in [-0.3, -0.25) is 9.89 Å². The first-order valence-corrected chi connectivity index (χ1v) is 8.62. The fourth-order valence-corrected chi connectivity index (χ4v) is 2.47. The average Bonchev–Trinajstić information content (AvgIpc) is 3.09. The van der Waals surface area contributed by atoms with Crippen LogP contribution >= 0.6 is 0 Å². The van der Waals surface area contributed by atoms with Crippen LogP contribution in [0.5, 0.6) is 5.75 Å². The molecule has 3 amide bonds. The third-order valence-electron chi connectivity index (χ3n) is 4.08. The molecule has 0 spiro atoms. The molecule has 0 radical (unpaired) electrons. The minimum Gasteiger partial charge on any atom is -0.496 e. The molecule has 8 nitrogen and oxygen atoms in total. The van der Waals surface area contributed by atoms with E-state index >= 15 is 0 Å². The summed E-state index contributed by atoms with van der Waals surface area (Å²) in [6.07, 6.45) is 0. The van der Waals surface area contributed by atoms with Crippen LogP contribution in [-0.4, -0.2) is 48.2 Å². The van der Waals surface area contributed by atoms with Crippen molar-refractivity contribution >= 4 is 17.6 Å². The van der Waals surface area contributed by atoms with Gasteiger partial charge < -0.3 is 20.3 Å². The van der Waals surface area contributed by atoms with E-state index in [-0.39, 0.29) is 17.4 Å². The number of carbonyl (C=O) groups excluding carboxylic acids is 2. The Hall–Kier alpha value is -3.03. The molecule has 0 aliphatic carbocycles. The number of urea groups is 1. The van der Waals surface area contributed by atoms with Gasteiger partial charge in [0.15, 0.2) is 0 Å². The molecule has 0 aliphatic heterocycles. The highest BCUT2D eigenvalue weighted by Gasteiger charge is 2.19. The number of ether oxygens (including phenoxy) is 1. The lowest BCUT2D eigenvalue weighted by atomic mass is 9.92. The van der Waals surface area contributed by atoms with E-state index < -0.39 is 0 Å². The topological polar surface area (TPSA) is 99.4 Å². The minimum atomic E-state index is -0.296. The summed E-state index contributed by atoms with van der Waals surface area (Å²) < 4.78 is 5.19. The first-order valence-electron chi connectivity index (χ1n) is 8.62. The number of benzene rings is 1. The Morgan fingerprint density at radius 1 is 1.26 bits per heavy atom. The van der Waals surface area contributed by atoms with Gasteiger partial charge in [-0.05, 0) is 24.3 Å². The number of nitrogens with zero attached hydrogens (tertiary/aromatic N) is 2. The van der Waals surface area contributed by atoms with Crippen LogP contribution in [0.15, 0.2) is 24.3 Å². The number of amides is 3. The van der Waals surface area contributed by atoms with Crippen molar-refractivity contribution in [3.05, 3.63) is 41.2 Å². The van der Waals surface area contributed by atoms with Gasteiger partial charge in [0.2, 0.25) is 0 Å². The van der Waals surface area contributed by atoms with Gasteiger partial charge in [-0.25, -0.2) is 4.79 Å². The SMILES string of the molecule is CNC(=O)c1cc(NC(=O)N(C)Cc2cc(C(C)(C)C)n[nH]2)ccc1OC. The monoisotopic (exact) mass is 373 g/mol. The molecule has 2 aromatic rings. The summed E-state index contributed by atoms with van der Waals surface area (Å²) in [5, 5.41) is 12.6. The molecular formula is C19H27N5O3. The molecule has 0 fully saturated rings. The maximum atomic E-state index is 12.5. The van der Waals surface area contributed by atoms with Crippen molar-refractivity contribution in [3.63, 3.8) is 0 Å². The molecule has 1 heterocycles. The minimum absolute atomic E-state index is 0.0606. The summed E-state index contributed by atoms with van der Waals surface area (Å²) in [6, 6.07) is 6.57. The van der Waals surface area contributed by atoms with E-state index in [9.17, 15) is 9.59 Å². The number of methoxy groups -OCH3 is 1. The summed E-state index contributed by atoms with van der Waals surface area (Å²) in [5.41, 5.74) is 2.58. The molecule has 0 saturated carbocycles. The first-order chi connectivity index (χ1) is 12.7. The van der Waals surface area contributed by atoms with E-state index in [0.717, 1.165) is 11.4 Å². The van der Waals surface area contributed by atoms with Crippen LogP contribution in [-0.2, 0) is 12.0 Å². The number of hydrogen-bond acceptors (Lipinski definition) is 4. The number of aromatic amines is 1. The number of rotatable bonds is 5. The Labute approximate surface area is 159 Å². The van der Waals surface area contributed by atoms with Crippen LogP contribution in [0.2, 0.25) is 0 Å². The highest BCUT2D eigenvalue weighted by Crippen LogP contribution is 2.23. The normalized spacial score (nSPS) is 11.0. The summed E-state index contributed by atoms with van der Waals surface area (Å²) >= 11 is 0.